The lowest BCUT2D eigenvalue weighted by atomic mass is 9.78. The van der Waals surface area contributed by atoms with Crippen molar-refractivity contribution in [3.63, 3.8) is 0 Å². The number of ether oxygens (including phenoxy) is 2. The van der Waals surface area contributed by atoms with Gasteiger partial charge in [-0.25, -0.2) is 4.39 Å². The second-order valence-electron chi connectivity index (χ2n) is 6.07. The molecule has 1 aliphatic carbocycles. The van der Waals surface area contributed by atoms with Crippen molar-refractivity contribution in [1.29, 1.82) is 0 Å². The van der Waals surface area contributed by atoms with Crippen molar-refractivity contribution in [2.45, 2.75) is 50.9 Å². The second kappa shape index (κ2) is 6.71. The molecule has 2 unspecified atom stereocenters. The van der Waals surface area contributed by atoms with Crippen LogP contribution >= 0.6 is 0 Å². The molecular formula is C18H23FO2. The number of halogens is 1. The fraction of sp³-hybridized carbons (Fsp3) is 0.556. The summed E-state index contributed by atoms with van der Waals surface area (Å²) >= 11 is 0. The molecule has 2 nitrogen and oxygen atoms in total. The zero-order chi connectivity index (χ0) is 14.7. The van der Waals surface area contributed by atoms with Crippen LogP contribution in [-0.4, -0.2) is 19.0 Å². The maximum Gasteiger partial charge on any atom is 0.161 e. The highest BCUT2D eigenvalue weighted by Gasteiger charge is 2.34. The van der Waals surface area contributed by atoms with E-state index in [-0.39, 0.29) is 18.2 Å². The number of rotatable bonds is 3. The average molecular weight is 290 g/mol. The zero-order valence-electron chi connectivity index (χ0n) is 12.5. The van der Waals surface area contributed by atoms with Crippen LogP contribution < -0.4 is 0 Å². The lowest BCUT2D eigenvalue weighted by Gasteiger charge is -2.31. The summed E-state index contributed by atoms with van der Waals surface area (Å²) in [5.74, 6) is 0.891. The lowest BCUT2D eigenvalue weighted by Crippen LogP contribution is -2.26. The van der Waals surface area contributed by atoms with Gasteiger partial charge in [-0.3, -0.25) is 0 Å². The third kappa shape index (κ3) is 3.53. The van der Waals surface area contributed by atoms with Gasteiger partial charge in [-0.1, -0.05) is 24.3 Å². The number of hydrogen-bond acceptors (Lipinski definition) is 2. The lowest BCUT2D eigenvalue weighted by molar-refractivity contribution is -0.100. The van der Waals surface area contributed by atoms with Gasteiger partial charge in [-0.05, 0) is 56.2 Å². The van der Waals surface area contributed by atoms with Gasteiger partial charge in [0.25, 0.3) is 0 Å². The van der Waals surface area contributed by atoms with Gasteiger partial charge in [-0.15, -0.1) is 0 Å². The largest absolute Gasteiger partial charge is 0.349 e. The molecule has 3 rings (SSSR count). The van der Waals surface area contributed by atoms with Crippen LogP contribution in [0, 0.1) is 11.7 Å². The predicted molar refractivity (Wildman–Crippen MR) is 80.5 cm³/mol. The van der Waals surface area contributed by atoms with Crippen molar-refractivity contribution in [3.8, 4) is 0 Å². The van der Waals surface area contributed by atoms with Crippen molar-refractivity contribution in [2.24, 2.45) is 5.92 Å². The third-order valence-electron chi connectivity index (χ3n) is 4.64. The van der Waals surface area contributed by atoms with Gasteiger partial charge in [0.05, 0.1) is 6.61 Å². The first-order valence-electron chi connectivity index (χ1n) is 7.91. The van der Waals surface area contributed by atoms with Crippen LogP contribution in [-0.2, 0) is 9.47 Å². The Morgan fingerprint density at radius 3 is 2.48 bits per heavy atom. The van der Waals surface area contributed by atoms with Crippen LogP contribution in [0.15, 0.2) is 36.4 Å². The van der Waals surface area contributed by atoms with Gasteiger partial charge in [0.1, 0.15) is 11.9 Å². The molecule has 3 heteroatoms. The van der Waals surface area contributed by atoms with E-state index in [1.165, 1.54) is 5.56 Å². The summed E-state index contributed by atoms with van der Waals surface area (Å²) in [5.41, 5.74) is 1.26. The van der Waals surface area contributed by atoms with Gasteiger partial charge in [-0.2, -0.15) is 0 Å². The molecule has 0 amide bonds. The minimum absolute atomic E-state index is 0.0413. The van der Waals surface area contributed by atoms with Gasteiger partial charge >= 0.3 is 0 Å². The van der Waals surface area contributed by atoms with Crippen molar-refractivity contribution < 1.29 is 13.9 Å². The highest BCUT2D eigenvalue weighted by atomic mass is 19.1. The Bertz CT molecular complexity index is 474. The van der Waals surface area contributed by atoms with Crippen LogP contribution in [0.1, 0.15) is 44.1 Å². The van der Waals surface area contributed by atoms with Crippen molar-refractivity contribution in [1.82, 2.24) is 0 Å². The Balaban J connectivity index is 1.52. The highest BCUT2D eigenvalue weighted by molar-refractivity contribution is 5.20. The van der Waals surface area contributed by atoms with Crippen LogP contribution in [0.2, 0.25) is 0 Å². The van der Waals surface area contributed by atoms with Gasteiger partial charge in [0.15, 0.2) is 6.29 Å². The van der Waals surface area contributed by atoms with Crippen molar-refractivity contribution >= 4 is 0 Å². The molecule has 1 aromatic rings. The molecule has 1 saturated carbocycles. The standard InChI is InChI=1S/C18H23FO2/c1-2-3-17-12-20-18(21-17)15-6-4-13(5-7-15)14-8-10-16(19)11-9-14/h2-3,8-11,13,15,17-18H,4-7,12H2,1H3. The summed E-state index contributed by atoms with van der Waals surface area (Å²) < 4.78 is 24.7. The molecule has 0 radical (unpaired) electrons. The maximum atomic E-state index is 13.0. The molecule has 2 atom stereocenters. The molecule has 2 aliphatic rings. The second-order valence-corrected chi connectivity index (χ2v) is 6.07. The summed E-state index contributed by atoms with van der Waals surface area (Å²) in [5, 5.41) is 0. The molecule has 1 aliphatic heterocycles. The minimum atomic E-state index is -0.157. The molecule has 0 spiro atoms. The van der Waals surface area contributed by atoms with E-state index in [2.05, 4.69) is 6.08 Å². The summed E-state index contributed by atoms with van der Waals surface area (Å²) in [4.78, 5) is 0. The predicted octanol–water partition coefficient (Wildman–Crippen LogP) is 4.42. The fourth-order valence-electron chi connectivity index (χ4n) is 3.46. The normalized spacial score (nSPS) is 33.6. The molecule has 0 aromatic heterocycles. The first-order valence-corrected chi connectivity index (χ1v) is 7.91. The van der Waals surface area contributed by atoms with E-state index < -0.39 is 0 Å². The molecule has 0 bridgehead atoms. The fourth-order valence-corrected chi connectivity index (χ4v) is 3.46. The summed E-state index contributed by atoms with van der Waals surface area (Å²) in [6, 6.07) is 6.97. The number of hydrogen-bond donors (Lipinski definition) is 0. The Hall–Kier alpha value is -1.19. The summed E-state index contributed by atoms with van der Waals surface area (Å²) in [6.45, 7) is 2.68. The Morgan fingerprint density at radius 2 is 1.81 bits per heavy atom. The van der Waals surface area contributed by atoms with E-state index in [1.54, 1.807) is 12.1 Å². The molecule has 1 aromatic carbocycles. The van der Waals surface area contributed by atoms with E-state index in [9.17, 15) is 4.39 Å². The Labute approximate surface area is 126 Å². The smallest absolute Gasteiger partial charge is 0.161 e. The van der Waals surface area contributed by atoms with Gasteiger partial charge in [0, 0.05) is 5.92 Å². The van der Waals surface area contributed by atoms with Crippen molar-refractivity contribution in [3.05, 3.63) is 47.8 Å². The van der Waals surface area contributed by atoms with Crippen LogP contribution in [0.5, 0.6) is 0 Å². The van der Waals surface area contributed by atoms with E-state index in [4.69, 9.17) is 9.47 Å². The quantitative estimate of drug-likeness (QED) is 0.767. The first kappa shape index (κ1) is 14.7. The molecule has 21 heavy (non-hydrogen) atoms. The van der Waals surface area contributed by atoms with Crippen LogP contribution in [0.25, 0.3) is 0 Å². The minimum Gasteiger partial charge on any atom is -0.349 e. The number of allylic oxidation sites excluding steroid dienone is 1. The van der Waals surface area contributed by atoms with Gasteiger partial charge in [0.2, 0.25) is 0 Å². The van der Waals surface area contributed by atoms with Gasteiger partial charge < -0.3 is 9.47 Å². The molecule has 1 saturated heterocycles. The Kier molecular flexibility index (Phi) is 4.71. The zero-order valence-corrected chi connectivity index (χ0v) is 12.5. The molecule has 2 fully saturated rings. The Morgan fingerprint density at radius 1 is 1.10 bits per heavy atom. The summed E-state index contributed by atoms with van der Waals surface area (Å²) in [7, 11) is 0. The molecular weight excluding hydrogens is 267 g/mol. The molecule has 114 valence electrons. The van der Waals surface area contributed by atoms with Crippen molar-refractivity contribution in [2.75, 3.05) is 6.61 Å². The van der Waals surface area contributed by atoms with Crippen LogP contribution in [0.3, 0.4) is 0 Å². The van der Waals surface area contributed by atoms with E-state index >= 15 is 0 Å². The third-order valence-corrected chi connectivity index (χ3v) is 4.64. The SMILES string of the molecule is CC=CC1COC(C2CCC(c3ccc(F)cc3)CC2)O1. The summed E-state index contributed by atoms with van der Waals surface area (Å²) in [6.07, 6.45) is 8.66. The maximum absolute atomic E-state index is 13.0. The highest BCUT2D eigenvalue weighted by Crippen LogP contribution is 2.39. The molecule has 0 N–H and O–H groups in total. The topological polar surface area (TPSA) is 18.5 Å². The monoisotopic (exact) mass is 290 g/mol. The van der Waals surface area contributed by atoms with E-state index in [0.717, 1.165) is 25.7 Å². The van der Waals surface area contributed by atoms with E-state index in [1.807, 2.05) is 25.1 Å². The first-order chi connectivity index (χ1) is 10.3. The average Bonchev–Trinajstić information content (AvgIpc) is 2.97. The van der Waals surface area contributed by atoms with Crippen LogP contribution in [0.4, 0.5) is 4.39 Å². The molecule has 1 heterocycles. The van der Waals surface area contributed by atoms with E-state index in [0.29, 0.717) is 18.4 Å². The number of benzene rings is 1.